The van der Waals surface area contributed by atoms with E-state index in [-0.39, 0.29) is 10.8 Å². The van der Waals surface area contributed by atoms with Crippen molar-refractivity contribution in [2.75, 3.05) is 31.6 Å². The zero-order chi connectivity index (χ0) is 18.4. The average molecular weight is 356 g/mol. The molecule has 0 aliphatic heterocycles. The molecule has 0 saturated carbocycles. The first-order valence-corrected chi connectivity index (χ1v) is 9.61. The molecule has 0 spiro atoms. The number of nitrogens with zero attached hydrogens (tertiary/aromatic N) is 1. The highest BCUT2D eigenvalue weighted by molar-refractivity contribution is 7.92. The molecule has 0 fully saturated rings. The molecule has 1 aromatic carbocycles. The molecule has 0 aromatic heterocycles. The van der Waals surface area contributed by atoms with Crippen LogP contribution in [0.2, 0.25) is 0 Å². The second-order valence-corrected chi connectivity index (χ2v) is 8.45. The first-order chi connectivity index (χ1) is 11.1. The monoisotopic (exact) mass is 356 g/mol. The summed E-state index contributed by atoms with van der Waals surface area (Å²) in [6.07, 6.45) is 0. The minimum Gasteiger partial charge on any atom is -0.358 e. The van der Waals surface area contributed by atoms with Gasteiger partial charge in [0.05, 0.1) is 11.5 Å². The maximum atomic E-state index is 12.8. The van der Waals surface area contributed by atoms with Crippen molar-refractivity contribution in [1.29, 1.82) is 0 Å². The van der Waals surface area contributed by atoms with Gasteiger partial charge in [-0.2, -0.15) is 0 Å². The SMILES string of the molecule is CCN(CC)CCOC(C)(C)S(=O)(=O)c1ccc(NC(C)=O)cc1. The summed E-state index contributed by atoms with van der Waals surface area (Å²) < 4.78 is 31.2. The molecule has 0 unspecified atom stereocenters. The third-order valence-electron chi connectivity index (χ3n) is 3.88. The summed E-state index contributed by atoms with van der Waals surface area (Å²) in [5, 5.41) is 2.61. The predicted molar refractivity (Wildman–Crippen MR) is 95.8 cm³/mol. The van der Waals surface area contributed by atoms with Gasteiger partial charge in [0.15, 0.2) is 4.93 Å². The number of carbonyl (C=O) groups excluding carboxylic acids is 1. The van der Waals surface area contributed by atoms with Crippen LogP contribution in [0.4, 0.5) is 5.69 Å². The van der Waals surface area contributed by atoms with E-state index in [4.69, 9.17) is 4.74 Å². The van der Waals surface area contributed by atoms with Gasteiger partial charge in [0.1, 0.15) is 0 Å². The Labute approximate surface area is 145 Å². The minimum absolute atomic E-state index is 0.171. The van der Waals surface area contributed by atoms with Gasteiger partial charge in [0.2, 0.25) is 15.7 Å². The minimum atomic E-state index is -3.65. The Morgan fingerprint density at radius 1 is 1.17 bits per heavy atom. The zero-order valence-corrected chi connectivity index (χ0v) is 15.9. The topological polar surface area (TPSA) is 75.7 Å². The molecule has 0 bridgehead atoms. The van der Waals surface area contributed by atoms with Crippen LogP contribution in [0, 0.1) is 0 Å². The second kappa shape index (κ2) is 8.60. The summed E-state index contributed by atoms with van der Waals surface area (Å²) in [7, 11) is -3.65. The van der Waals surface area contributed by atoms with Crippen molar-refractivity contribution in [2.45, 2.75) is 44.4 Å². The van der Waals surface area contributed by atoms with Crippen LogP contribution in [-0.2, 0) is 19.4 Å². The highest BCUT2D eigenvalue weighted by Gasteiger charge is 2.36. The lowest BCUT2D eigenvalue weighted by Crippen LogP contribution is -2.38. The Balaban J connectivity index is 2.82. The van der Waals surface area contributed by atoms with Crippen LogP contribution in [0.25, 0.3) is 0 Å². The van der Waals surface area contributed by atoms with Gasteiger partial charge in [-0.1, -0.05) is 13.8 Å². The number of rotatable bonds is 9. The van der Waals surface area contributed by atoms with Crippen molar-refractivity contribution in [1.82, 2.24) is 4.90 Å². The standard InChI is InChI=1S/C17H28N2O4S/c1-6-19(7-2)12-13-23-17(4,5)24(21,22)16-10-8-15(9-11-16)18-14(3)20/h8-11H,6-7,12-13H2,1-5H3,(H,18,20). The largest absolute Gasteiger partial charge is 0.358 e. The van der Waals surface area contributed by atoms with Gasteiger partial charge < -0.3 is 15.0 Å². The van der Waals surface area contributed by atoms with E-state index >= 15 is 0 Å². The normalized spacial score (nSPS) is 12.4. The van der Waals surface area contributed by atoms with Gasteiger partial charge in [-0.05, 0) is 51.2 Å². The summed E-state index contributed by atoms with van der Waals surface area (Å²) in [6, 6.07) is 6.10. The van der Waals surface area contributed by atoms with E-state index < -0.39 is 14.8 Å². The first-order valence-electron chi connectivity index (χ1n) is 8.12. The Kier molecular flexibility index (Phi) is 7.38. The number of amides is 1. The highest BCUT2D eigenvalue weighted by Crippen LogP contribution is 2.27. The number of sulfone groups is 1. The fourth-order valence-corrected chi connectivity index (χ4v) is 3.54. The molecule has 1 aromatic rings. The van der Waals surface area contributed by atoms with Crippen molar-refractivity contribution in [3.8, 4) is 0 Å². The fraction of sp³-hybridized carbons (Fsp3) is 0.588. The quantitative estimate of drug-likeness (QED) is 0.736. The van der Waals surface area contributed by atoms with Crippen molar-refractivity contribution in [3.05, 3.63) is 24.3 Å². The molecule has 0 heterocycles. The number of hydrogen-bond acceptors (Lipinski definition) is 5. The van der Waals surface area contributed by atoms with Gasteiger partial charge in [0.25, 0.3) is 0 Å². The van der Waals surface area contributed by atoms with E-state index in [0.29, 0.717) is 18.8 Å². The molecule has 0 aliphatic rings. The number of ether oxygens (including phenoxy) is 1. The van der Waals surface area contributed by atoms with Gasteiger partial charge in [-0.3, -0.25) is 4.79 Å². The number of benzene rings is 1. The van der Waals surface area contributed by atoms with Crippen LogP contribution in [0.1, 0.15) is 34.6 Å². The van der Waals surface area contributed by atoms with Crippen LogP contribution in [0.5, 0.6) is 0 Å². The van der Waals surface area contributed by atoms with E-state index in [2.05, 4.69) is 24.1 Å². The second-order valence-electron chi connectivity index (χ2n) is 5.98. The lowest BCUT2D eigenvalue weighted by atomic mass is 10.3. The molecule has 0 radical (unpaired) electrons. The van der Waals surface area contributed by atoms with Crippen LogP contribution < -0.4 is 5.32 Å². The zero-order valence-electron chi connectivity index (χ0n) is 15.1. The molecule has 136 valence electrons. The molecule has 1 amide bonds. The summed E-state index contributed by atoms with van der Waals surface area (Å²) >= 11 is 0. The molecular weight excluding hydrogens is 328 g/mol. The van der Waals surface area contributed by atoms with Crippen LogP contribution in [0.15, 0.2) is 29.2 Å². The molecule has 0 aliphatic carbocycles. The summed E-state index contributed by atoms with van der Waals surface area (Å²) in [5.74, 6) is -0.203. The lowest BCUT2D eigenvalue weighted by molar-refractivity contribution is -0.114. The van der Waals surface area contributed by atoms with Gasteiger partial charge in [-0.25, -0.2) is 8.42 Å². The molecule has 0 saturated heterocycles. The molecule has 0 atom stereocenters. The van der Waals surface area contributed by atoms with Gasteiger partial charge >= 0.3 is 0 Å². The molecule has 6 nitrogen and oxygen atoms in total. The Bertz CT molecular complexity index is 635. The van der Waals surface area contributed by atoms with Gasteiger partial charge in [-0.15, -0.1) is 0 Å². The van der Waals surface area contributed by atoms with E-state index in [9.17, 15) is 13.2 Å². The fourth-order valence-electron chi connectivity index (χ4n) is 2.24. The Morgan fingerprint density at radius 2 is 1.71 bits per heavy atom. The maximum Gasteiger partial charge on any atom is 0.221 e. The van der Waals surface area contributed by atoms with E-state index in [1.165, 1.54) is 19.1 Å². The van der Waals surface area contributed by atoms with Crippen molar-refractivity contribution < 1.29 is 17.9 Å². The molecule has 1 rings (SSSR count). The van der Waals surface area contributed by atoms with E-state index in [0.717, 1.165) is 13.1 Å². The van der Waals surface area contributed by atoms with E-state index in [1.807, 2.05) is 0 Å². The molecular formula is C17H28N2O4S. The predicted octanol–water partition coefficient (Wildman–Crippen LogP) is 2.51. The summed E-state index contributed by atoms with van der Waals surface area (Å²) in [5.41, 5.74) is 0.557. The number of likely N-dealkylation sites (N-methyl/N-ethyl adjacent to an activating group) is 1. The summed E-state index contributed by atoms with van der Waals surface area (Å²) in [4.78, 5) is 12.0. The number of anilines is 1. The van der Waals surface area contributed by atoms with Crippen molar-refractivity contribution >= 4 is 21.4 Å². The molecule has 1 N–H and O–H groups in total. The van der Waals surface area contributed by atoms with Crippen LogP contribution in [-0.4, -0.2) is 50.4 Å². The number of hydrogen-bond donors (Lipinski definition) is 1. The lowest BCUT2D eigenvalue weighted by Gasteiger charge is -2.27. The number of carbonyl (C=O) groups is 1. The first kappa shape index (κ1) is 20.6. The van der Waals surface area contributed by atoms with E-state index in [1.54, 1.807) is 26.0 Å². The van der Waals surface area contributed by atoms with Crippen molar-refractivity contribution in [2.24, 2.45) is 0 Å². The average Bonchev–Trinajstić information content (AvgIpc) is 2.51. The van der Waals surface area contributed by atoms with Crippen molar-refractivity contribution in [3.63, 3.8) is 0 Å². The van der Waals surface area contributed by atoms with Crippen LogP contribution in [0.3, 0.4) is 0 Å². The third-order valence-corrected chi connectivity index (χ3v) is 6.19. The maximum absolute atomic E-state index is 12.8. The van der Waals surface area contributed by atoms with Gasteiger partial charge in [0, 0.05) is 19.2 Å². The molecule has 24 heavy (non-hydrogen) atoms. The van der Waals surface area contributed by atoms with Crippen LogP contribution >= 0.6 is 0 Å². The third kappa shape index (κ3) is 5.29. The smallest absolute Gasteiger partial charge is 0.221 e. The molecule has 7 heteroatoms. The highest BCUT2D eigenvalue weighted by atomic mass is 32.2. The Morgan fingerprint density at radius 3 is 2.17 bits per heavy atom. The Hall–Kier alpha value is -1.44. The summed E-state index contributed by atoms with van der Waals surface area (Å²) in [6.45, 7) is 11.5. The number of nitrogens with one attached hydrogen (secondary N) is 1.